The molecule has 26 heavy (non-hydrogen) atoms. The first kappa shape index (κ1) is 18.4. The maximum atomic E-state index is 12.9. The zero-order chi connectivity index (χ0) is 19.0. The van der Waals surface area contributed by atoms with Crippen LogP contribution >= 0.6 is 0 Å². The number of benzene rings is 1. The van der Waals surface area contributed by atoms with Crippen molar-refractivity contribution < 1.29 is 19.5 Å². The molecular formula is C20H26N2O4. The van der Waals surface area contributed by atoms with E-state index in [-0.39, 0.29) is 30.1 Å². The van der Waals surface area contributed by atoms with E-state index in [1.807, 2.05) is 39.0 Å². The summed E-state index contributed by atoms with van der Waals surface area (Å²) < 4.78 is 0. The number of anilines is 1. The fourth-order valence-corrected chi connectivity index (χ4v) is 4.10. The fraction of sp³-hybridized carbons (Fsp3) is 0.550. The van der Waals surface area contributed by atoms with Gasteiger partial charge >= 0.3 is 5.97 Å². The van der Waals surface area contributed by atoms with Crippen LogP contribution in [0.4, 0.5) is 5.69 Å². The highest BCUT2D eigenvalue weighted by Crippen LogP contribution is 2.31. The van der Waals surface area contributed by atoms with Crippen molar-refractivity contribution in [2.75, 3.05) is 24.5 Å². The van der Waals surface area contributed by atoms with Gasteiger partial charge in [0.2, 0.25) is 11.8 Å². The quantitative estimate of drug-likeness (QED) is 0.899. The van der Waals surface area contributed by atoms with Crippen LogP contribution in [0.5, 0.6) is 0 Å². The number of carboxylic acid groups (broad SMARTS) is 1. The summed E-state index contributed by atoms with van der Waals surface area (Å²) in [4.78, 5) is 40.1. The molecule has 6 nitrogen and oxygen atoms in total. The molecule has 0 saturated carbocycles. The molecule has 2 aliphatic heterocycles. The van der Waals surface area contributed by atoms with Crippen LogP contribution in [0.3, 0.4) is 0 Å². The maximum absolute atomic E-state index is 12.9. The summed E-state index contributed by atoms with van der Waals surface area (Å²) in [6, 6.07) is 5.86. The molecule has 3 atom stereocenters. The number of carbonyl (C=O) groups is 3. The van der Waals surface area contributed by atoms with Crippen LogP contribution in [0, 0.1) is 31.6 Å². The van der Waals surface area contributed by atoms with Crippen LogP contribution in [0.2, 0.25) is 0 Å². The van der Waals surface area contributed by atoms with E-state index in [1.54, 1.807) is 9.80 Å². The number of likely N-dealkylation sites (tertiary alicyclic amines) is 1. The Kier molecular flexibility index (Phi) is 5.03. The van der Waals surface area contributed by atoms with Gasteiger partial charge < -0.3 is 14.9 Å². The smallest absolute Gasteiger partial charge is 0.306 e. The number of carboxylic acids is 1. The first-order chi connectivity index (χ1) is 12.3. The summed E-state index contributed by atoms with van der Waals surface area (Å²) in [5.41, 5.74) is 3.06. The Bertz CT molecular complexity index is 745. The van der Waals surface area contributed by atoms with Crippen LogP contribution in [0.1, 0.15) is 30.9 Å². The van der Waals surface area contributed by atoms with E-state index in [9.17, 15) is 19.5 Å². The molecule has 1 N–H and O–H groups in total. The minimum atomic E-state index is -0.790. The molecule has 0 bridgehead atoms. The third-order valence-electron chi connectivity index (χ3n) is 5.88. The van der Waals surface area contributed by atoms with E-state index in [1.165, 1.54) is 0 Å². The molecular weight excluding hydrogens is 332 g/mol. The Morgan fingerprint density at radius 1 is 1.19 bits per heavy atom. The van der Waals surface area contributed by atoms with Crippen molar-refractivity contribution in [3.63, 3.8) is 0 Å². The van der Waals surface area contributed by atoms with Gasteiger partial charge in [-0.25, -0.2) is 0 Å². The normalized spacial score (nSPS) is 26.3. The van der Waals surface area contributed by atoms with Gasteiger partial charge in [0, 0.05) is 31.7 Å². The molecule has 0 radical (unpaired) electrons. The number of carbonyl (C=O) groups excluding carboxylic acids is 2. The Balaban J connectivity index is 1.70. The molecule has 1 aromatic rings. The molecule has 3 unspecified atom stereocenters. The molecule has 140 valence electrons. The van der Waals surface area contributed by atoms with Gasteiger partial charge in [0.15, 0.2) is 0 Å². The third-order valence-corrected chi connectivity index (χ3v) is 5.88. The lowest BCUT2D eigenvalue weighted by atomic mass is 9.86. The van der Waals surface area contributed by atoms with Crippen molar-refractivity contribution in [2.45, 2.75) is 33.6 Å². The molecule has 0 spiro atoms. The SMILES string of the molecule is Cc1cccc(N2CC(C(=O)N3CCC(C(=O)O)C(C)C3)CC2=O)c1C. The Morgan fingerprint density at radius 3 is 2.58 bits per heavy atom. The molecule has 2 aliphatic rings. The number of aryl methyl sites for hydroxylation is 1. The van der Waals surface area contributed by atoms with Crippen LogP contribution in [0.25, 0.3) is 0 Å². The maximum Gasteiger partial charge on any atom is 0.306 e. The highest BCUT2D eigenvalue weighted by atomic mass is 16.4. The van der Waals surface area contributed by atoms with Gasteiger partial charge in [-0.1, -0.05) is 19.1 Å². The van der Waals surface area contributed by atoms with Crippen LogP contribution in [-0.2, 0) is 14.4 Å². The second kappa shape index (κ2) is 7.09. The van der Waals surface area contributed by atoms with Crippen molar-refractivity contribution in [1.29, 1.82) is 0 Å². The first-order valence-electron chi connectivity index (χ1n) is 9.17. The van der Waals surface area contributed by atoms with E-state index in [0.717, 1.165) is 16.8 Å². The van der Waals surface area contributed by atoms with E-state index >= 15 is 0 Å². The molecule has 2 fully saturated rings. The van der Waals surface area contributed by atoms with Gasteiger partial charge in [0.25, 0.3) is 0 Å². The van der Waals surface area contributed by atoms with Crippen molar-refractivity contribution in [3.05, 3.63) is 29.3 Å². The molecule has 2 amide bonds. The summed E-state index contributed by atoms with van der Waals surface area (Å²) in [5.74, 6) is -1.65. The minimum absolute atomic E-state index is 0.0227. The van der Waals surface area contributed by atoms with Crippen molar-refractivity contribution in [3.8, 4) is 0 Å². The summed E-state index contributed by atoms with van der Waals surface area (Å²) in [5, 5.41) is 9.23. The van der Waals surface area contributed by atoms with Gasteiger partial charge in [-0.2, -0.15) is 0 Å². The highest BCUT2D eigenvalue weighted by Gasteiger charge is 2.40. The van der Waals surface area contributed by atoms with Gasteiger partial charge in [0.05, 0.1) is 11.8 Å². The number of hydrogen-bond donors (Lipinski definition) is 1. The van der Waals surface area contributed by atoms with Crippen molar-refractivity contribution >= 4 is 23.5 Å². The molecule has 0 aromatic heterocycles. The summed E-state index contributed by atoms with van der Waals surface area (Å²) in [6.07, 6.45) is 0.697. The number of piperidine rings is 1. The minimum Gasteiger partial charge on any atom is -0.481 e. The first-order valence-corrected chi connectivity index (χ1v) is 9.17. The number of hydrogen-bond acceptors (Lipinski definition) is 3. The lowest BCUT2D eigenvalue weighted by molar-refractivity contribution is -0.149. The Hall–Kier alpha value is -2.37. The lowest BCUT2D eigenvalue weighted by Gasteiger charge is -2.36. The lowest BCUT2D eigenvalue weighted by Crippen LogP contribution is -2.47. The van der Waals surface area contributed by atoms with E-state index < -0.39 is 11.9 Å². The zero-order valence-corrected chi connectivity index (χ0v) is 15.6. The van der Waals surface area contributed by atoms with Gasteiger partial charge in [-0.3, -0.25) is 14.4 Å². The Labute approximate surface area is 153 Å². The number of amides is 2. The fourth-order valence-electron chi connectivity index (χ4n) is 4.10. The molecule has 6 heteroatoms. The second-order valence-electron chi connectivity index (χ2n) is 7.62. The predicted octanol–water partition coefficient (Wildman–Crippen LogP) is 2.23. The highest BCUT2D eigenvalue weighted by molar-refractivity contribution is 6.01. The Morgan fingerprint density at radius 2 is 1.92 bits per heavy atom. The summed E-state index contributed by atoms with van der Waals surface area (Å²) in [7, 11) is 0. The summed E-state index contributed by atoms with van der Waals surface area (Å²) >= 11 is 0. The van der Waals surface area contributed by atoms with Crippen molar-refractivity contribution in [2.24, 2.45) is 17.8 Å². The third kappa shape index (κ3) is 3.32. The zero-order valence-electron chi connectivity index (χ0n) is 15.6. The average molecular weight is 358 g/mol. The largest absolute Gasteiger partial charge is 0.481 e. The monoisotopic (exact) mass is 358 g/mol. The second-order valence-corrected chi connectivity index (χ2v) is 7.62. The number of aliphatic carboxylic acids is 1. The van der Waals surface area contributed by atoms with Crippen LogP contribution < -0.4 is 4.90 Å². The average Bonchev–Trinajstić information content (AvgIpc) is 2.98. The van der Waals surface area contributed by atoms with Crippen molar-refractivity contribution in [1.82, 2.24) is 4.90 Å². The van der Waals surface area contributed by atoms with Gasteiger partial charge in [-0.15, -0.1) is 0 Å². The molecule has 2 saturated heterocycles. The van der Waals surface area contributed by atoms with E-state index in [4.69, 9.17) is 0 Å². The molecule has 0 aliphatic carbocycles. The molecule has 2 heterocycles. The summed E-state index contributed by atoms with van der Waals surface area (Å²) in [6.45, 7) is 7.18. The van der Waals surface area contributed by atoms with E-state index in [0.29, 0.717) is 26.1 Å². The van der Waals surface area contributed by atoms with Gasteiger partial charge in [0.1, 0.15) is 0 Å². The molecule has 3 rings (SSSR count). The number of nitrogens with zero attached hydrogens (tertiary/aromatic N) is 2. The van der Waals surface area contributed by atoms with E-state index in [2.05, 4.69) is 0 Å². The molecule has 1 aromatic carbocycles. The topological polar surface area (TPSA) is 77.9 Å². The predicted molar refractivity (Wildman–Crippen MR) is 97.9 cm³/mol. The van der Waals surface area contributed by atoms with Crippen LogP contribution in [0.15, 0.2) is 18.2 Å². The van der Waals surface area contributed by atoms with Gasteiger partial charge in [-0.05, 0) is 43.4 Å². The van der Waals surface area contributed by atoms with Crippen LogP contribution in [-0.4, -0.2) is 47.4 Å². The standard InChI is InChI=1S/C20H26N2O4/c1-12-5-4-6-17(14(12)3)22-11-15(9-18(22)23)19(24)21-8-7-16(20(25)26)13(2)10-21/h4-6,13,15-16H,7-11H2,1-3H3,(H,25,26). The number of rotatable bonds is 3.